The first-order valence-corrected chi connectivity index (χ1v) is 6.24. The number of nitrogens with zero attached hydrogens (tertiary/aromatic N) is 3. The standard InChI is InChI=1S/C11H13FN4OS/c1-17-3-2-13-7-10-15-16-11(18-10)8-4-9(12)6-14-5-8/h4-6,13H,2-3,7H2,1H3. The van der Waals surface area contributed by atoms with Gasteiger partial charge in [0.2, 0.25) is 0 Å². The Morgan fingerprint density at radius 2 is 2.28 bits per heavy atom. The molecule has 0 saturated carbocycles. The molecule has 0 aromatic carbocycles. The van der Waals surface area contributed by atoms with Crippen molar-refractivity contribution < 1.29 is 9.13 Å². The minimum absolute atomic E-state index is 0.373. The second-order valence-corrected chi connectivity index (χ2v) is 4.62. The molecule has 0 radical (unpaired) electrons. The number of nitrogens with one attached hydrogen (secondary N) is 1. The zero-order valence-corrected chi connectivity index (χ0v) is 10.7. The lowest BCUT2D eigenvalue weighted by Gasteiger charge is -1.99. The summed E-state index contributed by atoms with van der Waals surface area (Å²) in [5, 5.41) is 12.7. The van der Waals surface area contributed by atoms with E-state index in [0.717, 1.165) is 17.7 Å². The normalized spacial score (nSPS) is 10.8. The number of hydrogen-bond acceptors (Lipinski definition) is 6. The molecule has 5 nitrogen and oxygen atoms in total. The molecule has 18 heavy (non-hydrogen) atoms. The van der Waals surface area contributed by atoms with E-state index in [-0.39, 0.29) is 5.82 Å². The van der Waals surface area contributed by atoms with Gasteiger partial charge >= 0.3 is 0 Å². The van der Waals surface area contributed by atoms with Crippen LogP contribution in [0.5, 0.6) is 0 Å². The van der Waals surface area contributed by atoms with Gasteiger partial charge < -0.3 is 10.1 Å². The van der Waals surface area contributed by atoms with Gasteiger partial charge in [0.1, 0.15) is 15.8 Å². The second kappa shape index (κ2) is 6.48. The molecule has 2 aromatic rings. The molecular weight excluding hydrogens is 255 g/mol. The van der Waals surface area contributed by atoms with Crippen molar-refractivity contribution in [1.82, 2.24) is 20.5 Å². The molecule has 0 saturated heterocycles. The molecule has 0 amide bonds. The third-order valence-electron chi connectivity index (χ3n) is 2.18. The molecule has 2 aromatic heterocycles. The maximum atomic E-state index is 13.0. The van der Waals surface area contributed by atoms with E-state index in [2.05, 4.69) is 20.5 Å². The summed E-state index contributed by atoms with van der Waals surface area (Å²) in [5.74, 6) is -0.373. The summed E-state index contributed by atoms with van der Waals surface area (Å²) >= 11 is 1.42. The molecule has 0 spiro atoms. The molecule has 0 unspecified atom stereocenters. The van der Waals surface area contributed by atoms with Gasteiger partial charge in [0.15, 0.2) is 0 Å². The van der Waals surface area contributed by atoms with Crippen molar-refractivity contribution in [2.24, 2.45) is 0 Å². The van der Waals surface area contributed by atoms with Crippen LogP contribution in [0, 0.1) is 5.82 Å². The Labute approximate surface area is 108 Å². The molecule has 1 N–H and O–H groups in total. The van der Waals surface area contributed by atoms with Crippen LogP contribution in [0.2, 0.25) is 0 Å². The van der Waals surface area contributed by atoms with Crippen molar-refractivity contribution in [3.8, 4) is 10.6 Å². The Bertz CT molecular complexity index is 505. The van der Waals surface area contributed by atoms with Crippen molar-refractivity contribution in [1.29, 1.82) is 0 Å². The van der Waals surface area contributed by atoms with E-state index in [1.54, 1.807) is 13.3 Å². The number of pyridine rings is 1. The first-order chi connectivity index (χ1) is 8.79. The number of rotatable bonds is 6. The molecule has 0 aliphatic heterocycles. The Hall–Kier alpha value is -1.44. The Morgan fingerprint density at radius 1 is 1.39 bits per heavy atom. The molecular formula is C11H13FN4OS. The maximum absolute atomic E-state index is 13.0. The average molecular weight is 268 g/mol. The number of aromatic nitrogens is 3. The summed E-state index contributed by atoms with van der Waals surface area (Å²) in [6.45, 7) is 2.04. The third-order valence-corrected chi connectivity index (χ3v) is 3.15. The first-order valence-electron chi connectivity index (χ1n) is 5.42. The smallest absolute Gasteiger partial charge is 0.149 e. The highest BCUT2D eigenvalue weighted by molar-refractivity contribution is 7.14. The van der Waals surface area contributed by atoms with Crippen LogP contribution in [-0.2, 0) is 11.3 Å². The van der Waals surface area contributed by atoms with E-state index < -0.39 is 0 Å². The Kier molecular flexibility index (Phi) is 4.68. The molecule has 2 rings (SSSR count). The predicted octanol–water partition coefficient (Wildman–Crippen LogP) is 1.48. The van der Waals surface area contributed by atoms with Crippen LogP contribution in [0.4, 0.5) is 4.39 Å². The van der Waals surface area contributed by atoms with Gasteiger partial charge in [-0.1, -0.05) is 11.3 Å². The Morgan fingerprint density at radius 3 is 3.06 bits per heavy atom. The molecule has 0 aliphatic carbocycles. The van der Waals surface area contributed by atoms with Crippen LogP contribution >= 0.6 is 11.3 Å². The van der Waals surface area contributed by atoms with Crippen LogP contribution in [0.3, 0.4) is 0 Å². The average Bonchev–Trinajstić information content (AvgIpc) is 2.83. The van der Waals surface area contributed by atoms with E-state index in [0.29, 0.717) is 23.7 Å². The monoisotopic (exact) mass is 268 g/mol. The lowest BCUT2D eigenvalue weighted by molar-refractivity contribution is 0.199. The summed E-state index contributed by atoms with van der Waals surface area (Å²) in [6, 6.07) is 1.40. The van der Waals surface area contributed by atoms with E-state index in [1.807, 2.05) is 0 Å². The molecule has 0 fully saturated rings. The Balaban J connectivity index is 1.97. The zero-order valence-electron chi connectivity index (χ0n) is 9.89. The summed E-state index contributed by atoms with van der Waals surface area (Å²) < 4.78 is 17.9. The van der Waals surface area contributed by atoms with E-state index in [1.165, 1.54) is 17.4 Å². The number of ether oxygens (including phenoxy) is 1. The molecule has 7 heteroatoms. The topological polar surface area (TPSA) is 59.9 Å². The van der Waals surface area contributed by atoms with Crippen LogP contribution in [-0.4, -0.2) is 35.4 Å². The minimum Gasteiger partial charge on any atom is -0.383 e. The van der Waals surface area contributed by atoms with Gasteiger partial charge in [-0.3, -0.25) is 4.98 Å². The van der Waals surface area contributed by atoms with Crippen molar-refractivity contribution >= 4 is 11.3 Å². The number of hydrogen-bond donors (Lipinski definition) is 1. The highest BCUT2D eigenvalue weighted by Gasteiger charge is 2.07. The number of halogens is 1. The van der Waals surface area contributed by atoms with Gasteiger partial charge in [-0.05, 0) is 6.07 Å². The minimum atomic E-state index is -0.373. The van der Waals surface area contributed by atoms with Crippen LogP contribution in [0.25, 0.3) is 10.6 Å². The molecule has 0 bridgehead atoms. The van der Waals surface area contributed by atoms with Crippen LogP contribution in [0.1, 0.15) is 5.01 Å². The molecule has 0 aliphatic rings. The van der Waals surface area contributed by atoms with Gasteiger partial charge in [-0.25, -0.2) is 4.39 Å². The maximum Gasteiger partial charge on any atom is 0.149 e. The fraction of sp³-hybridized carbons (Fsp3) is 0.364. The molecule has 2 heterocycles. The van der Waals surface area contributed by atoms with Crippen LogP contribution in [0.15, 0.2) is 18.5 Å². The lowest BCUT2D eigenvalue weighted by atomic mass is 10.3. The highest BCUT2D eigenvalue weighted by atomic mass is 32.1. The van der Waals surface area contributed by atoms with E-state index in [9.17, 15) is 4.39 Å². The SMILES string of the molecule is COCCNCc1nnc(-c2cncc(F)c2)s1. The van der Waals surface area contributed by atoms with E-state index in [4.69, 9.17) is 4.74 Å². The molecule has 96 valence electrons. The second-order valence-electron chi connectivity index (χ2n) is 3.56. The summed E-state index contributed by atoms with van der Waals surface area (Å²) in [6.07, 6.45) is 2.74. The lowest BCUT2D eigenvalue weighted by Crippen LogP contribution is -2.18. The predicted molar refractivity (Wildman–Crippen MR) is 66.7 cm³/mol. The summed E-state index contributed by atoms with van der Waals surface area (Å²) in [5.41, 5.74) is 0.649. The summed E-state index contributed by atoms with van der Waals surface area (Å²) in [7, 11) is 1.65. The van der Waals surface area contributed by atoms with Gasteiger partial charge in [-0.2, -0.15) is 0 Å². The fourth-order valence-corrected chi connectivity index (χ4v) is 2.13. The van der Waals surface area contributed by atoms with Gasteiger partial charge in [0.25, 0.3) is 0 Å². The zero-order chi connectivity index (χ0) is 12.8. The van der Waals surface area contributed by atoms with Crippen molar-refractivity contribution in [2.75, 3.05) is 20.3 Å². The highest BCUT2D eigenvalue weighted by Crippen LogP contribution is 2.22. The van der Waals surface area contributed by atoms with Gasteiger partial charge in [0.05, 0.1) is 12.8 Å². The van der Waals surface area contributed by atoms with Gasteiger partial charge in [-0.15, -0.1) is 10.2 Å². The van der Waals surface area contributed by atoms with Crippen molar-refractivity contribution in [3.63, 3.8) is 0 Å². The first kappa shape index (κ1) is 13.0. The molecule has 0 atom stereocenters. The largest absolute Gasteiger partial charge is 0.383 e. The van der Waals surface area contributed by atoms with Crippen molar-refractivity contribution in [3.05, 3.63) is 29.3 Å². The third kappa shape index (κ3) is 3.52. The van der Waals surface area contributed by atoms with E-state index >= 15 is 0 Å². The number of methoxy groups -OCH3 is 1. The summed E-state index contributed by atoms with van der Waals surface area (Å²) in [4.78, 5) is 3.79. The quantitative estimate of drug-likeness (QED) is 0.804. The van der Waals surface area contributed by atoms with Crippen LogP contribution < -0.4 is 5.32 Å². The van der Waals surface area contributed by atoms with Crippen molar-refractivity contribution in [2.45, 2.75) is 6.54 Å². The fourth-order valence-electron chi connectivity index (χ4n) is 1.34. The van der Waals surface area contributed by atoms with Gasteiger partial charge in [0, 0.05) is 32.0 Å².